The van der Waals surface area contributed by atoms with Crippen molar-refractivity contribution in [2.45, 2.75) is 39.7 Å². The van der Waals surface area contributed by atoms with Crippen LogP contribution in [0.25, 0.3) is 0 Å². The number of aromatic nitrogens is 3. The fourth-order valence-electron chi connectivity index (χ4n) is 1.31. The number of anilines is 2. The lowest BCUT2D eigenvalue weighted by molar-refractivity contribution is 0.751. The average molecular weight is 223 g/mol. The zero-order chi connectivity index (χ0) is 12.0. The molecule has 1 aromatic heterocycles. The van der Waals surface area contributed by atoms with Crippen LogP contribution in [0.15, 0.2) is 6.20 Å². The van der Waals surface area contributed by atoms with Crippen molar-refractivity contribution < 1.29 is 0 Å². The second-order valence-corrected chi connectivity index (χ2v) is 4.21. The molecule has 0 aromatic carbocycles. The fraction of sp³-hybridized carbons (Fsp3) is 0.727. The Labute approximate surface area is 97.3 Å². The molecule has 0 amide bonds. The predicted octanol–water partition coefficient (Wildman–Crippen LogP) is 1.93. The molecule has 0 spiro atoms. The van der Waals surface area contributed by atoms with Gasteiger partial charge in [0, 0.05) is 19.6 Å². The molecular weight excluding hydrogens is 202 g/mol. The van der Waals surface area contributed by atoms with Gasteiger partial charge in [0.15, 0.2) is 5.82 Å². The molecule has 0 saturated heterocycles. The van der Waals surface area contributed by atoms with E-state index in [0.717, 1.165) is 18.8 Å². The highest BCUT2D eigenvalue weighted by Gasteiger charge is 2.05. The number of unbranched alkanes of at least 4 members (excludes halogenated alkanes) is 1. The van der Waals surface area contributed by atoms with Crippen molar-refractivity contribution in [1.82, 2.24) is 15.2 Å². The van der Waals surface area contributed by atoms with Crippen LogP contribution in [0.5, 0.6) is 0 Å². The molecule has 0 unspecified atom stereocenters. The topological polar surface area (TPSA) is 53.9 Å². The van der Waals surface area contributed by atoms with E-state index in [2.05, 4.69) is 46.2 Å². The molecule has 5 nitrogen and oxygen atoms in total. The van der Waals surface area contributed by atoms with Crippen LogP contribution >= 0.6 is 0 Å². The van der Waals surface area contributed by atoms with E-state index in [1.165, 1.54) is 6.42 Å². The Morgan fingerprint density at radius 1 is 1.44 bits per heavy atom. The smallest absolute Gasteiger partial charge is 0.244 e. The molecule has 16 heavy (non-hydrogen) atoms. The summed E-state index contributed by atoms with van der Waals surface area (Å²) in [7, 11) is 2.03. The Balaban J connectivity index is 2.65. The Bertz CT molecular complexity index is 313. The molecule has 1 N–H and O–H groups in total. The highest BCUT2D eigenvalue weighted by Crippen LogP contribution is 2.09. The third kappa shape index (κ3) is 4.00. The van der Waals surface area contributed by atoms with Crippen molar-refractivity contribution in [3.63, 3.8) is 0 Å². The molecule has 0 saturated carbocycles. The molecule has 0 bridgehead atoms. The number of rotatable bonds is 6. The Morgan fingerprint density at radius 2 is 2.19 bits per heavy atom. The number of hydrogen-bond acceptors (Lipinski definition) is 5. The Kier molecular flexibility index (Phi) is 4.95. The van der Waals surface area contributed by atoms with Crippen molar-refractivity contribution in [2.75, 3.05) is 23.8 Å². The zero-order valence-electron chi connectivity index (χ0n) is 10.6. The van der Waals surface area contributed by atoms with Gasteiger partial charge in [-0.1, -0.05) is 13.3 Å². The Hall–Kier alpha value is -1.39. The normalized spacial score (nSPS) is 10.6. The first-order chi connectivity index (χ1) is 7.63. The molecule has 1 rings (SSSR count). The summed E-state index contributed by atoms with van der Waals surface area (Å²) in [5.41, 5.74) is 0. The largest absolute Gasteiger partial charge is 0.358 e. The molecule has 0 aliphatic heterocycles. The van der Waals surface area contributed by atoms with Gasteiger partial charge in [0.2, 0.25) is 5.95 Å². The second kappa shape index (κ2) is 6.25. The van der Waals surface area contributed by atoms with Gasteiger partial charge in [0.05, 0.1) is 6.20 Å². The molecular formula is C11H21N5. The summed E-state index contributed by atoms with van der Waals surface area (Å²) in [4.78, 5) is 6.51. The highest BCUT2D eigenvalue weighted by molar-refractivity contribution is 5.39. The number of nitrogens with one attached hydrogen (secondary N) is 1. The molecule has 0 radical (unpaired) electrons. The lowest BCUT2D eigenvalue weighted by Crippen LogP contribution is -2.21. The maximum atomic E-state index is 4.41. The fourth-order valence-corrected chi connectivity index (χ4v) is 1.31. The van der Waals surface area contributed by atoms with Crippen molar-refractivity contribution in [3.05, 3.63) is 6.20 Å². The predicted molar refractivity (Wildman–Crippen MR) is 66.8 cm³/mol. The van der Waals surface area contributed by atoms with Crippen molar-refractivity contribution in [1.29, 1.82) is 0 Å². The van der Waals surface area contributed by atoms with E-state index in [-0.39, 0.29) is 0 Å². The van der Waals surface area contributed by atoms with E-state index in [4.69, 9.17) is 0 Å². The zero-order valence-corrected chi connectivity index (χ0v) is 10.6. The van der Waals surface area contributed by atoms with Gasteiger partial charge in [-0.05, 0) is 20.3 Å². The van der Waals surface area contributed by atoms with Gasteiger partial charge in [-0.2, -0.15) is 10.1 Å². The van der Waals surface area contributed by atoms with Gasteiger partial charge in [-0.25, -0.2) is 0 Å². The van der Waals surface area contributed by atoms with Crippen molar-refractivity contribution in [2.24, 2.45) is 0 Å². The molecule has 0 atom stereocenters. The number of nitrogens with zero attached hydrogens (tertiary/aromatic N) is 4. The third-order valence-corrected chi connectivity index (χ3v) is 2.20. The average Bonchev–Trinajstić information content (AvgIpc) is 2.25. The SMILES string of the molecule is CCCCN(C)c1cnnc(NC(C)C)n1. The van der Waals surface area contributed by atoms with Crippen molar-refractivity contribution >= 4 is 11.8 Å². The quantitative estimate of drug-likeness (QED) is 0.798. The Morgan fingerprint density at radius 3 is 2.81 bits per heavy atom. The standard InChI is InChI=1S/C11H21N5/c1-5-6-7-16(4)10-8-12-15-11(14-10)13-9(2)3/h8-9H,5-7H2,1-4H3,(H,13,14,15). The van der Waals surface area contributed by atoms with Crippen LogP contribution in [0, 0.1) is 0 Å². The summed E-state index contributed by atoms with van der Waals surface area (Å²) in [6, 6.07) is 0.318. The van der Waals surface area contributed by atoms with Crippen LogP contribution in [0.2, 0.25) is 0 Å². The number of hydrogen-bond donors (Lipinski definition) is 1. The van der Waals surface area contributed by atoms with E-state index in [1.807, 2.05) is 7.05 Å². The van der Waals surface area contributed by atoms with Crippen LogP contribution in [0.4, 0.5) is 11.8 Å². The van der Waals surface area contributed by atoms with Crippen LogP contribution in [-0.2, 0) is 0 Å². The minimum Gasteiger partial charge on any atom is -0.358 e. The molecule has 1 aromatic rings. The van der Waals surface area contributed by atoms with Gasteiger partial charge < -0.3 is 10.2 Å². The van der Waals surface area contributed by atoms with Gasteiger partial charge in [0.25, 0.3) is 0 Å². The molecule has 90 valence electrons. The summed E-state index contributed by atoms with van der Waals surface area (Å²) < 4.78 is 0. The third-order valence-electron chi connectivity index (χ3n) is 2.20. The van der Waals surface area contributed by atoms with Crippen LogP contribution < -0.4 is 10.2 Å². The van der Waals surface area contributed by atoms with Gasteiger partial charge >= 0.3 is 0 Å². The summed E-state index contributed by atoms with van der Waals surface area (Å²) in [6.45, 7) is 7.28. The van der Waals surface area contributed by atoms with E-state index in [9.17, 15) is 0 Å². The first-order valence-corrected chi connectivity index (χ1v) is 5.81. The van der Waals surface area contributed by atoms with Crippen molar-refractivity contribution in [3.8, 4) is 0 Å². The summed E-state index contributed by atoms with van der Waals surface area (Å²) >= 11 is 0. The maximum absolute atomic E-state index is 4.41. The van der Waals surface area contributed by atoms with Crippen LogP contribution in [0.3, 0.4) is 0 Å². The maximum Gasteiger partial charge on any atom is 0.244 e. The lowest BCUT2D eigenvalue weighted by Gasteiger charge is -2.17. The van der Waals surface area contributed by atoms with Crippen LogP contribution in [0.1, 0.15) is 33.6 Å². The summed E-state index contributed by atoms with van der Waals surface area (Å²) in [5.74, 6) is 1.46. The van der Waals surface area contributed by atoms with Gasteiger partial charge in [-0.15, -0.1) is 5.10 Å². The minimum atomic E-state index is 0.318. The van der Waals surface area contributed by atoms with E-state index < -0.39 is 0 Å². The molecule has 0 aliphatic carbocycles. The first-order valence-electron chi connectivity index (χ1n) is 5.81. The second-order valence-electron chi connectivity index (χ2n) is 4.21. The molecule has 1 heterocycles. The van der Waals surface area contributed by atoms with Gasteiger partial charge in [0.1, 0.15) is 0 Å². The van der Waals surface area contributed by atoms with Crippen LogP contribution in [-0.4, -0.2) is 34.8 Å². The van der Waals surface area contributed by atoms with E-state index in [0.29, 0.717) is 12.0 Å². The highest BCUT2D eigenvalue weighted by atomic mass is 15.3. The summed E-state index contributed by atoms with van der Waals surface area (Å²) in [6.07, 6.45) is 4.04. The molecule has 5 heteroatoms. The van der Waals surface area contributed by atoms with E-state index in [1.54, 1.807) is 6.20 Å². The minimum absolute atomic E-state index is 0.318. The molecule has 0 fully saturated rings. The summed E-state index contributed by atoms with van der Waals surface area (Å²) in [5, 5.41) is 11.0. The molecule has 0 aliphatic rings. The first kappa shape index (κ1) is 12.7. The lowest BCUT2D eigenvalue weighted by atomic mass is 10.3. The monoisotopic (exact) mass is 223 g/mol. The van der Waals surface area contributed by atoms with E-state index >= 15 is 0 Å². The van der Waals surface area contributed by atoms with Gasteiger partial charge in [-0.3, -0.25) is 0 Å².